The van der Waals surface area contributed by atoms with Gasteiger partial charge in [-0.05, 0) is 30.3 Å². The highest BCUT2D eigenvalue weighted by atomic mass is 32.2. The van der Waals surface area contributed by atoms with Gasteiger partial charge in [-0.1, -0.05) is 0 Å². The van der Waals surface area contributed by atoms with E-state index in [-0.39, 0.29) is 38.2 Å². The normalized spacial score (nSPS) is 11.6. The molecule has 0 atom stereocenters. The molecule has 3 heterocycles. The largest absolute Gasteiger partial charge is 0.505 e. The van der Waals surface area contributed by atoms with Crippen molar-refractivity contribution >= 4 is 59.8 Å². The molecule has 180 valence electrons. The Labute approximate surface area is 201 Å². The number of thiazole rings is 1. The van der Waals surface area contributed by atoms with E-state index in [1.54, 1.807) is 11.4 Å². The van der Waals surface area contributed by atoms with Crippen LogP contribution in [-0.2, 0) is 10.0 Å². The van der Waals surface area contributed by atoms with Gasteiger partial charge in [0.1, 0.15) is 11.1 Å². The molecule has 0 aliphatic rings. The van der Waals surface area contributed by atoms with E-state index in [0.29, 0.717) is 16.7 Å². The summed E-state index contributed by atoms with van der Waals surface area (Å²) in [5, 5.41) is 16.3. The van der Waals surface area contributed by atoms with E-state index in [1.165, 1.54) is 50.9 Å². The Hall–Kier alpha value is -4.23. The fourth-order valence-corrected chi connectivity index (χ4v) is 5.40. The van der Waals surface area contributed by atoms with Crippen LogP contribution in [0.2, 0.25) is 0 Å². The molecular formula is C22H17N3O8S2. The molecule has 0 bridgehead atoms. The van der Waals surface area contributed by atoms with Crippen LogP contribution in [0.25, 0.3) is 21.9 Å². The Balaban J connectivity index is 1.56. The monoisotopic (exact) mass is 515 g/mol. The molecule has 0 saturated heterocycles. The van der Waals surface area contributed by atoms with Gasteiger partial charge in [0.05, 0.1) is 30.8 Å². The number of aromatic nitrogens is 1. The van der Waals surface area contributed by atoms with Crippen LogP contribution in [-0.4, -0.2) is 32.7 Å². The van der Waals surface area contributed by atoms with Gasteiger partial charge in [0.25, 0.3) is 10.0 Å². The first-order valence-corrected chi connectivity index (χ1v) is 12.3. The number of benzene rings is 2. The number of nitrogens with zero attached hydrogens (tertiary/aromatic N) is 1. The molecule has 0 saturated carbocycles. The fourth-order valence-electron chi connectivity index (χ4n) is 3.61. The summed E-state index contributed by atoms with van der Waals surface area (Å²) >= 11 is 1.15. The van der Waals surface area contributed by atoms with Crippen molar-refractivity contribution in [2.24, 2.45) is 0 Å². The third-order valence-electron chi connectivity index (χ3n) is 5.15. The summed E-state index contributed by atoms with van der Waals surface area (Å²) < 4.78 is 49.2. The zero-order valence-electron chi connectivity index (χ0n) is 18.2. The summed E-state index contributed by atoms with van der Waals surface area (Å²) in [5.41, 5.74) is -0.575. The van der Waals surface area contributed by atoms with E-state index < -0.39 is 21.4 Å². The Morgan fingerprint density at radius 2 is 1.80 bits per heavy atom. The van der Waals surface area contributed by atoms with Crippen molar-refractivity contribution in [3.05, 3.63) is 58.6 Å². The van der Waals surface area contributed by atoms with Gasteiger partial charge in [-0.3, -0.25) is 4.72 Å². The maximum absolute atomic E-state index is 12.8. The second-order valence-electron chi connectivity index (χ2n) is 7.14. The van der Waals surface area contributed by atoms with Crippen molar-refractivity contribution in [2.45, 2.75) is 4.90 Å². The van der Waals surface area contributed by atoms with Crippen LogP contribution in [0.1, 0.15) is 0 Å². The lowest BCUT2D eigenvalue weighted by Crippen LogP contribution is -2.13. The lowest BCUT2D eigenvalue weighted by Gasteiger charge is -2.14. The minimum atomic E-state index is -3.85. The summed E-state index contributed by atoms with van der Waals surface area (Å²) in [5.74, 6) is -0.0813. The maximum atomic E-state index is 12.8. The fraction of sp³-hybridized carbons (Fsp3) is 0.0909. The molecule has 13 heteroatoms. The van der Waals surface area contributed by atoms with Crippen LogP contribution in [0.3, 0.4) is 0 Å². The van der Waals surface area contributed by atoms with Gasteiger partial charge in [0.2, 0.25) is 5.75 Å². The topological polar surface area (TPSA) is 153 Å². The van der Waals surface area contributed by atoms with Crippen molar-refractivity contribution in [3.63, 3.8) is 0 Å². The van der Waals surface area contributed by atoms with E-state index in [9.17, 15) is 18.3 Å². The molecule has 0 aliphatic carbocycles. The van der Waals surface area contributed by atoms with Gasteiger partial charge in [0.15, 0.2) is 27.7 Å². The highest BCUT2D eigenvalue weighted by molar-refractivity contribution is 7.93. The highest BCUT2D eigenvalue weighted by Gasteiger charge is 2.26. The molecule has 0 fully saturated rings. The number of fused-ring (bicyclic) bond motifs is 2. The van der Waals surface area contributed by atoms with Crippen molar-refractivity contribution in [1.29, 1.82) is 0 Å². The third-order valence-corrected chi connectivity index (χ3v) is 7.32. The predicted octanol–water partition coefficient (Wildman–Crippen LogP) is 4.26. The number of ether oxygens (including phenoxy) is 2. The molecule has 0 spiro atoms. The first-order valence-electron chi connectivity index (χ1n) is 9.94. The van der Waals surface area contributed by atoms with Crippen molar-refractivity contribution in [2.75, 3.05) is 24.3 Å². The molecule has 0 aliphatic heterocycles. The number of furan rings is 1. The molecule has 5 rings (SSSR count). The second kappa shape index (κ2) is 8.52. The van der Waals surface area contributed by atoms with Crippen LogP contribution in [0.5, 0.6) is 17.2 Å². The molecule has 0 radical (unpaired) electrons. The molecule has 3 N–H and O–H groups in total. The van der Waals surface area contributed by atoms with Crippen molar-refractivity contribution in [3.8, 4) is 17.2 Å². The number of hydrogen-bond donors (Lipinski definition) is 3. The number of hydrogen-bond acceptors (Lipinski definition) is 11. The number of aromatic hydroxyl groups is 1. The Morgan fingerprint density at radius 1 is 1.06 bits per heavy atom. The van der Waals surface area contributed by atoms with Crippen LogP contribution in [0.15, 0.2) is 66.7 Å². The van der Waals surface area contributed by atoms with Crippen LogP contribution >= 0.6 is 11.3 Å². The van der Waals surface area contributed by atoms with Gasteiger partial charge < -0.3 is 28.7 Å². The van der Waals surface area contributed by atoms with Crippen molar-refractivity contribution < 1.29 is 31.8 Å². The molecule has 3 aromatic heterocycles. The average Bonchev–Trinajstić information content (AvgIpc) is 3.53. The minimum Gasteiger partial charge on any atom is -0.505 e. The van der Waals surface area contributed by atoms with Gasteiger partial charge in [-0.25, -0.2) is 18.2 Å². The molecule has 2 aromatic carbocycles. The number of anilines is 3. The zero-order valence-corrected chi connectivity index (χ0v) is 19.8. The lowest BCUT2D eigenvalue weighted by molar-refractivity contribution is 0.395. The smallest absolute Gasteiger partial charge is 0.364 e. The van der Waals surface area contributed by atoms with Crippen molar-refractivity contribution in [1.82, 2.24) is 4.98 Å². The number of nitrogens with one attached hydrogen (secondary N) is 2. The number of methoxy groups -OCH3 is 2. The maximum Gasteiger partial charge on any atom is 0.364 e. The summed E-state index contributed by atoms with van der Waals surface area (Å²) in [7, 11) is -1.06. The van der Waals surface area contributed by atoms with Crippen LogP contribution in [0, 0.1) is 0 Å². The van der Waals surface area contributed by atoms with Crippen LogP contribution < -0.4 is 25.1 Å². The molecule has 0 amide bonds. The van der Waals surface area contributed by atoms with Gasteiger partial charge >= 0.3 is 5.63 Å². The van der Waals surface area contributed by atoms with E-state index in [0.717, 1.165) is 11.3 Å². The third kappa shape index (κ3) is 3.80. The molecule has 35 heavy (non-hydrogen) atoms. The Morgan fingerprint density at radius 3 is 2.46 bits per heavy atom. The number of sulfonamides is 1. The van der Waals surface area contributed by atoms with Crippen LogP contribution in [0.4, 0.5) is 16.5 Å². The van der Waals surface area contributed by atoms with E-state index >= 15 is 0 Å². The zero-order chi connectivity index (χ0) is 24.7. The standard InChI is InChI=1S/C22H17N3O8S2/c1-30-17-13-7-9-32-18(13)20(31-2)19-14(17)16(26)15(21(27)33-19)24-11-3-5-12(6-4-11)35(28,29)25-22-23-8-10-34-22/h3-10,24,26H,1-2H3,(H,23,25). The first kappa shape index (κ1) is 22.6. The molecular weight excluding hydrogens is 498 g/mol. The Kier molecular flexibility index (Phi) is 5.49. The molecule has 5 aromatic rings. The summed E-state index contributed by atoms with van der Waals surface area (Å²) in [6.07, 6.45) is 2.90. The van der Waals surface area contributed by atoms with Gasteiger partial charge in [-0.15, -0.1) is 11.3 Å². The first-order chi connectivity index (χ1) is 16.8. The van der Waals surface area contributed by atoms with E-state index in [4.69, 9.17) is 18.3 Å². The predicted molar refractivity (Wildman–Crippen MR) is 130 cm³/mol. The lowest BCUT2D eigenvalue weighted by atomic mass is 10.1. The Bertz CT molecular complexity index is 1710. The SMILES string of the molecule is COc1c2occc2c(OC)c2c(O)c(Nc3ccc(S(=O)(=O)Nc4nccs4)cc3)c(=O)oc12. The van der Waals surface area contributed by atoms with Gasteiger partial charge in [0, 0.05) is 17.3 Å². The van der Waals surface area contributed by atoms with E-state index in [1.807, 2.05) is 0 Å². The summed E-state index contributed by atoms with van der Waals surface area (Å²) in [6.45, 7) is 0. The summed E-state index contributed by atoms with van der Waals surface area (Å²) in [4.78, 5) is 16.7. The highest BCUT2D eigenvalue weighted by Crippen LogP contribution is 2.47. The van der Waals surface area contributed by atoms with Gasteiger partial charge in [-0.2, -0.15) is 0 Å². The molecule has 0 unspecified atom stereocenters. The molecule has 11 nitrogen and oxygen atoms in total. The minimum absolute atomic E-state index is 0.0122. The average molecular weight is 516 g/mol. The summed E-state index contributed by atoms with van der Waals surface area (Å²) in [6, 6.07) is 7.20. The quantitative estimate of drug-likeness (QED) is 0.268. The second-order valence-corrected chi connectivity index (χ2v) is 9.72. The number of rotatable bonds is 7. The van der Waals surface area contributed by atoms with E-state index in [2.05, 4.69) is 15.0 Å².